The summed E-state index contributed by atoms with van der Waals surface area (Å²) >= 11 is 0. The second kappa shape index (κ2) is 13.9. The van der Waals surface area contributed by atoms with Crippen LogP contribution in [0.1, 0.15) is 18.4 Å². The maximum atomic E-state index is 12.9. The van der Waals surface area contributed by atoms with Crippen LogP contribution in [0, 0.1) is 5.92 Å². The molecule has 1 aliphatic heterocycles. The van der Waals surface area contributed by atoms with E-state index in [0.29, 0.717) is 61.9 Å². The molecule has 0 spiro atoms. The van der Waals surface area contributed by atoms with Crippen molar-refractivity contribution in [1.82, 2.24) is 29.3 Å². The molecule has 41 heavy (non-hydrogen) atoms. The molecular weight excluding hydrogens is 534 g/mol. The molecule has 0 unspecified atom stereocenters. The number of nitrogen functional groups attached to an aromatic ring is 1. The molecule has 14 nitrogen and oxygen atoms in total. The molecule has 0 atom stereocenters. The number of likely N-dealkylation sites (N-methyl/N-ethyl adjacent to an activating group) is 1. The van der Waals surface area contributed by atoms with Gasteiger partial charge in [0.25, 0.3) is 0 Å². The van der Waals surface area contributed by atoms with Gasteiger partial charge in [0.05, 0.1) is 19.6 Å². The SMILES string of the molecule is COCCOc1nc(N)c2[nH]c(=O)n(CC3CCN(C(=O)CN(C)CCOc4cccc(CC(=O)O)c4)CC3)c2n1. The van der Waals surface area contributed by atoms with Gasteiger partial charge in [-0.2, -0.15) is 9.97 Å². The zero-order valence-electron chi connectivity index (χ0n) is 23.4. The Hall–Kier alpha value is -4.17. The quantitative estimate of drug-likeness (QED) is 0.231. The van der Waals surface area contributed by atoms with E-state index in [4.69, 9.17) is 25.1 Å². The summed E-state index contributed by atoms with van der Waals surface area (Å²) in [6, 6.07) is 7.09. The first kappa shape index (κ1) is 29.8. The topological polar surface area (TPSA) is 178 Å². The number of hydrogen-bond donors (Lipinski definition) is 3. The van der Waals surface area contributed by atoms with Crippen LogP contribution in [0.15, 0.2) is 29.1 Å². The number of aromatic nitrogens is 4. The summed E-state index contributed by atoms with van der Waals surface area (Å²) in [5.74, 6) is 0.0720. The number of fused-ring (bicyclic) bond motifs is 1. The molecule has 222 valence electrons. The number of H-pyrrole nitrogens is 1. The number of amides is 1. The number of nitrogens with one attached hydrogen (secondary N) is 1. The number of rotatable bonds is 14. The number of nitrogens with two attached hydrogens (primary N) is 1. The lowest BCUT2D eigenvalue weighted by atomic mass is 9.96. The van der Waals surface area contributed by atoms with E-state index >= 15 is 0 Å². The number of imidazole rings is 1. The van der Waals surface area contributed by atoms with Crippen molar-refractivity contribution < 1.29 is 28.9 Å². The fourth-order valence-corrected chi connectivity index (χ4v) is 4.75. The number of benzene rings is 1. The van der Waals surface area contributed by atoms with Gasteiger partial charge >= 0.3 is 17.7 Å². The minimum atomic E-state index is -0.894. The molecule has 3 heterocycles. The van der Waals surface area contributed by atoms with Gasteiger partial charge in [-0.05, 0) is 43.5 Å². The molecule has 2 aromatic heterocycles. The normalized spacial score (nSPS) is 14.1. The highest BCUT2D eigenvalue weighted by Crippen LogP contribution is 2.23. The third-order valence-corrected chi connectivity index (χ3v) is 6.96. The molecule has 1 fully saturated rings. The van der Waals surface area contributed by atoms with Gasteiger partial charge in [0.1, 0.15) is 24.5 Å². The zero-order valence-corrected chi connectivity index (χ0v) is 23.4. The number of hydrogen-bond acceptors (Lipinski definition) is 10. The van der Waals surface area contributed by atoms with E-state index in [1.165, 1.54) is 0 Å². The maximum Gasteiger partial charge on any atom is 0.327 e. The minimum Gasteiger partial charge on any atom is -0.492 e. The van der Waals surface area contributed by atoms with Gasteiger partial charge in [-0.15, -0.1) is 0 Å². The number of carboxylic acid groups (broad SMARTS) is 1. The van der Waals surface area contributed by atoms with E-state index in [1.807, 2.05) is 16.8 Å². The number of anilines is 1. The number of carbonyl (C=O) groups excluding carboxylic acids is 1. The zero-order chi connectivity index (χ0) is 29.4. The van der Waals surface area contributed by atoms with Crippen molar-refractivity contribution in [2.24, 2.45) is 5.92 Å². The van der Waals surface area contributed by atoms with Crippen molar-refractivity contribution >= 4 is 28.9 Å². The van der Waals surface area contributed by atoms with Crippen LogP contribution in [0.2, 0.25) is 0 Å². The molecule has 4 rings (SSSR count). The Morgan fingerprint density at radius 3 is 2.68 bits per heavy atom. The van der Waals surface area contributed by atoms with Crippen molar-refractivity contribution in [3.8, 4) is 11.8 Å². The Morgan fingerprint density at radius 2 is 1.95 bits per heavy atom. The van der Waals surface area contributed by atoms with Gasteiger partial charge in [0.15, 0.2) is 11.5 Å². The smallest absolute Gasteiger partial charge is 0.327 e. The average molecular weight is 572 g/mol. The molecule has 1 saturated heterocycles. The summed E-state index contributed by atoms with van der Waals surface area (Å²) in [4.78, 5) is 51.5. The molecular formula is C27H37N7O7. The van der Waals surface area contributed by atoms with Gasteiger partial charge < -0.3 is 34.9 Å². The van der Waals surface area contributed by atoms with Crippen molar-refractivity contribution in [1.29, 1.82) is 0 Å². The number of nitrogens with zero attached hydrogens (tertiary/aromatic N) is 5. The number of piperidine rings is 1. The molecule has 1 amide bonds. The number of likely N-dealkylation sites (tertiary alicyclic amines) is 1. The summed E-state index contributed by atoms with van der Waals surface area (Å²) < 4.78 is 17.8. The predicted molar refractivity (Wildman–Crippen MR) is 150 cm³/mol. The highest BCUT2D eigenvalue weighted by atomic mass is 16.5. The highest BCUT2D eigenvalue weighted by molar-refractivity contribution is 5.82. The van der Waals surface area contributed by atoms with E-state index in [1.54, 1.807) is 35.9 Å². The third-order valence-electron chi connectivity index (χ3n) is 6.96. The second-order valence-electron chi connectivity index (χ2n) is 10.1. The lowest BCUT2D eigenvalue weighted by Crippen LogP contribution is -2.44. The Morgan fingerprint density at radius 1 is 1.17 bits per heavy atom. The molecule has 14 heteroatoms. The molecule has 0 bridgehead atoms. The van der Waals surface area contributed by atoms with Crippen LogP contribution in [0.4, 0.5) is 5.82 Å². The second-order valence-corrected chi connectivity index (χ2v) is 10.1. The summed E-state index contributed by atoms with van der Waals surface area (Å²) in [5.41, 5.74) is 7.16. The molecule has 3 aromatic rings. The first-order valence-corrected chi connectivity index (χ1v) is 13.5. The Balaban J connectivity index is 1.24. The number of methoxy groups -OCH3 is 1. The number of carbonyl (C=O) groups is 2. The van der Waals surface area contributed by atoms with Gasteiger partial charge in [0.2, 0.25) is 5.91 Å². The first-order valence-electron chi connectivity index (χ1n) is 13.5. The van der Waals surface area contributed by atoms with Gasteiger partial charge in [-0.25, -0.2) is 4.79 Å². The van der Waals surface area contributed by atoms with Gasteiger partial charge in [0, 0.05) is 33.3 Å². The standard InChI is InChI=1S/C27H37N7O7/c1-32(10-11-40-20-5-3-4-19(14-20)15-22(36)37)17-21(35)33-8-6-18(7-9-33)16-34-25-23(29-27(34)38)24(28)30-26(31-25)41-13-12-39-2/h3-5,14,18H,6-13,15-17H2,1-2H3,(H,29,38)(H,36,37)(H2,28,30,31). The Labute approximate surface area is 237 Å². The average Bonchev–Trinajstić information content (AvgIpc) is 3.24. The maximum absolute atomic E-state index is 12.9. The van der Waals surface area contributed by atoms with Crippen molar-refractivity contribution in [3.05, 3.63) is 40.3 Å². The number of ether oxygens (including phenoxy) is 3. The van der Waals surface area contributed by atoms with Crippen LogP contribution in [-0.2, 0) is 27.3 Å². The molecule has 0 aliphatic carbocycles. The summed E-state index contributed by atoms with van der Waals surface area (Å²) in [5, 5.41) is 8.95. The van der Waals surface area contributed by atoms with Crippen LogP contribution in [0.25, 0.3) is 11.2 Å². The molecule has 0 radical (unpaired) electrons. The summed E-state index contributed by atoms with van der Waals surface area (Å²) in [6.07, 6.45) is 1.44. The molecule has 0 saturated carbocycles. The van der Waals surface area contributed by atoms with E-state index in [2.05, 4.69) is 15.0 Å². The number of aromatic amines is 1. The van der Waals surface area contributed by atoms with Crippen LogP contribution in [0.3, 0.4) is 0 Å². The van der Waals surface area contributed by atoms with Crippen molar-refractivity contribution in [2.75, 3.05) is 65.9 Å². The summed E-state index contributed by atoms with van der Waals surface area (Å²) in [6.45, 7) is 3.44. The van der Waals surface area contributed by atoms with Gasteiger partial charge in [-0.3, -0.25) is 19.1 Å². The van der Waals surface area contributed by atoms with Crippen LogP contribution in [0.5, 0.6) is 11.8 Å². The van der Waals surface area contributed by atoms with Crippen molar-refractivity contribution in [2.45, 2.75) is 25.8 Å². The molecule has 4 N–H and O–H groups in total. The van der Waals surface area contributed by atoms with E-state index < -0.39 is 5.97 Å². The van der Waals surface area contributed by atoms with E-state index in [0.717, 1.165) is 12.8 Å². The highest BCUT2D eigenvalue weighted by Gasteiger charge is 2.25. The fourth-order valence-electron chi connectivity index (χ4n) is 4.75. The van der Waals surface area contributed by atoms with Crippen LogP contribution in [-0.4, -0.2) is 106 Å². The molecule has 1 aliphatic rings. The van der Waals surface area contributed by atoms with Crippen LogP contribution < -0.4 is 20.9 Å². The largest absolute Gasteiger partial charge is 0.492 e. The minimum absolute atomic E-state index is 0.0389. The first-order chi connectivity index (χ1) is 19.7. The van der Waals surface area contributed by atoms with Gasteiger partial charge in [-0.1, -0.05) is 12.1 Å². The third kappa shape index (κ3) is 8.17. The predicted octanol–water partition coefficient (Wildman–Crippen LogP) is 0.604. The number of aliphatic carboxylic acids is 1. The number of carboxylic acids is 1. The monoisotopic (exact) mass is 571 g/mol. The summed E-state index contributed by atoms with van der Waals surface area (Å²) in [7, 11) is 3.42. The Bertz CT molecular complexity index is 1400. The van der Waals surface area contributed by atoms with E-state index in [9.17, 15) is 14.4 Å². The van der Waals surface area contributed by atoms with Crippen molar-refractivity contribution in [3.63, 3.8) is 0 Å². The fraction of sp³-hybridized carbons (Fsp3) is 0.519. The van der Waals surface area contributed by atoms with Crippen LogP contribution >= 0.6 is 0 Å². The lowest BCUT2D eigenvalue weighted by Gasteiger charge is -2.33. The van der Waals surface area contributed by atoms with E-state index in [-0.39, 0.29) is 48.9 Å². The lowest BCUT2D eigenvalue weighted by molar-refractivity contribution is -0.136. The Kier molecular flexibility index (Phi) is 10.1. The molecule has 1 aromatic carbocycles.